The van der Waals surface area contributed by atoms with Gasteiger partial charge in [0.05, 0.1) is 19.3 Å². The number of carbonyl (C=O) groups excluding carboxylic acids is 1. The standard InChI is InChI=1S/C19H23FN6O3S/c20-16-11-2-1-3-13(11)17(14-5-4-12(14)16)24-19(27)25-30(22,28)15-7-23-26-8-10(6-21)9-29-18(15)26/h7,10H,1-6,8-9,21H2,(H3,22,24,25,27,28). The molecule has 1 aromatic heterocycles. The summed E-state index contributed by atoms with van der Waals surface area (Å²) >= 11 is 0. The molecule has 2 unspecified atom stereocenters. The molecule has 0 spiro atoms. The number of nitrogens with two attached hydrogens (primary N) is 2. The van der Waals surface area contributed by atoms with Crippen LogP contribution in [0.25, 0.3) is 0 Å². The van der Waals surface area contributed by atoms with Crippen molar-refractivity contribution in [1.29, 1.82) is 0 Å². The minimum absolute atomic E-state index is 0.0745. The van der Waals surface area contributed by atoms with Crippen LogP contribution in [0.15, 0.2) is 15.5 Å². The molecule has 2 aromatic rings. The molecule has 0 fully saturated rings. The quantitative estimate of drug-likeness (QED) is 0.672. The van der Waals surface area contributed by atoms with E-state index in [0.717, 1.165) is 17.5 Å². The Balaban J connectivity index is 1.45. The first-order valence-corrected chi connectivity index (χ1v) is 11.6. The van der Waals surface area contributed by atoms with Gasteiger partial charge in [-0.3, -0.25) is 0 Å². The number of hydrogen-bond acceptors (Lipinski definition) is 5. The topological polar surface area (TPSA) is 138 Å². The van der Waals surface area contributed by atoms with Crippen molar-refractivity contribution in [3.05, 3.63) is 34.3 Å². The number of fused-ring (bicyclic) bond motifs is 3. The summed E-state index contributed by atoms with van der Waals surface area (Å²) in [5.41, 5.74) is 9.23. The van der Waals surface area contributed by atoms with Crippen LogP contribution in [-0.4, -0.2) is 33.2 Å². The Hall–Kier alpha value is -2.50. The number of halogens is 1. The predicted molar refractivity (Wildman–Crippen MR) is 108 cm³/mol. The number of nitrogens with zero attached hydrogens (tertiary/aromatic N) is 3. The van der Waals surface area contributed by atoms with Crippen LogP contribution < -0.4 is 20.9 Å². The maximum Gasteiger partial charge on any atom is 0.354 e. The Labute approximate surface area is 173 Å². The normalized spacial score (nSPS) is 20.8. The van der Waals surface area contributed by atoms with Gasteiger partial charge in [0.1, 0.15) is 10.7 Å². The van der Waals surface area contributed by atoms with Gasteiger partial charge in [-0.1, -0.05) is 0 Å². The summed E-state index contributed by atoms with van der Waals surface area (Å²) in [7, 11) is -3.58. The number of carbonyl (C=O) groups is 1. The second-order valence-electron chi connectivity index (χ2n) is 7.96. The Morgan fingerprint density at radius 1 is 1.30 bits per heavy atom. The number of anilines is 1. The lowest BCUT2D eigenvalue weighted by Gasteiger charge is -2.26. The SMILES string of the molecule is NCC1COc2c(S(N)(=O)=NC(=O)Nc3c4c(c(F)c5c3CC5)CCC4)cnn2C1. The highest BCUT2D eigenvalue weighted by atomic mass is 32.2. The summed E-state index contributed by atoms with van der Waals surface area (Å²) in [6, 6.07) is -0.826. The summed E-state index contributed by atoms with van der Waals surface area (Å²) in [6.07, 6.45) is 4.86. The van der Waals surface area contributed by atoms with Gasteiger partial charge < -0.3 is 15.8 Å². The largest absolute Gasteiger partial charge is 0.476 e. The van der Waals surface area contributed by atoms with Crippen molar-refractivity contribution < 1.29 is 18.1 Å². The van der Waals surface area contributed by atoms with Crippen molar-refractivity contribution in [2.75, 3.05) is 18.5 Å². The van der Waals surface area contributed by atoms with Crippen molar-refractivity contribution >= 4 is 21.6 Å². The number of aromatic nitrogens is 2. The van der Waals surface area contributed by atoms with Crippen molar-refractivity contribution in [2.24, 2.45) is 21.2 Å². The van der Waals surface area contributed by atoms with Crippen LogP contribution in [0, 0.1) is 11.7 Å². The zero-order chi connectivity index (χ0) is 21.0. The zero-order valence-corrected chi connectivity index (χ0v) is 17.1. The van der Waals surface area contributed by atoms with E-state index in [1.54, 1.807) is 0 Å². The Kier molecular flexibility index (Phi) is 4.56. The Morgan fingerprint density at radius 3 is 2.73 bits per heavy atom. The van der Waals surface area contributed by atoms with E-state index in [9.17, 15) is 13.4 Å². The molecule has 2 amide bonds. The summed E-state index contributed by atoms with van der Waals surface area (Å²) in [5.74, 6) is 0.203. The fourth-order valence-electron chi connectivity index (χ4n) is 4.44. The number of rotatable bonds is 3. The third-order valence-electron chi connectivity index (χ3n) is 6.09. The van der Waals surface area contributed by atoms with E-state index in [1.165, 1.54) is 10.9 Å². The van der Waals surface area contributed by atoms with Gasteiger partial charge in [-0.2, -0.15) is 5.10 Å². The van der Waals surface area contributed by atoms with Gasteiger partial charge >= 0.3 is 6.03 Å². The van der Waals surface area contributed by atoms with E-state index in [0.29, 0.717) is 62.2 Å². The van der Waals surface area contributed by atoms with Gasteiger partial charge in [-0.15, -0.1) is 4.36 Å². The lowest BCUT2D eigenvalue weighted by Crippen LogP contribution is -2.32. The van der Waals surface area contributed by atoms with Crippen LogP contribution in [0.3, 0.4) is 0 Å². The highest BCUT2D eigenvalue weighted by Crippen LogP contribution is 2.42. The van der Waals surface area contributed by atoms with E-state index in [4.69, 9.17) is 15.6 Å². The van der Waals surface area contributed by atoms with E-state index in [2.05, 4.69) is 14.8 Å². The molecule has 0 bridgehead atoms. The minimum atomic E-state index is -3.58. The molecule has 0 saturated heterocycles. The predicted octanol–water partition coefficient (Wildman–Crippen LogP) is 1.51. The number of benzene rings is 1. The van der Waals surface area contributed by atoms with Crippen LogP contribution in [0.1, 0.15) is 28.7 Å². The molecule has 160 valence electrons. The van der Waals surface area contributed by atoms with Crippen molar-refractivity contribution in [3.63, 3.8) is 0 Å². The number of hydrogen-bond donors (Lipinski definition) is 3. The lowest BCUT2D eigenvalue weighted by atomic mass is 9.83. The molecule has 2 heterocycles. The lowest BCUT2D eigenvalue weighted by molar-refractivity contribution is 0.164. The molecule has 0 radical (unpaired) electrons. The molecule has 1 aliphatic heterocycles. The molecular weight excluding hydrogens is 411 g/mol. The van der Waals surface area contributed by atoms with Crippen LogP contribution in [-0.2, 0) is 42.1 Å². The maximum atomic E-state index is 14.6. The van der Waals surface area contributed by atoms with Gasteiger partial charge in [-0.25, -0.2) is 23.2 Å². The van der Waals surface area contributed by atoms with Gasteiger partial charge in [0.25, 0.3) is 0 Å². The first kappa shape index (κ1) is 19.5. The Bertz CT molecular complexity index is 1180. The number of urea groups is 1. The van der Waals surface area contributed by atoms with Crippen LogP contribution in [0.5, 0.6) is 5.88 Å². The summed E-state index contributed by atoms with van der Waals surface area (Å²) in [5, 5.41) is 12.8. The van der Waals surface area contributed by atoms with Gasteiger partial charge in [0.2, 0.25) is 5.88 Å². The molecule has 2 aliphatic carbocycles. The van der Waals surface area contributed by atoms with Crippen LogP contribution in [0.2, 0.25) is 0 Å². The van der Waals surface area contributed by atoms with E-state index in [1.807, 2.05) is 0 Å². The minimum Gasteiger partial charge on any atom is -0.476 e. The molecule has 2 atom stereocenters. The Morgan fingerprint density at radius 2 is 2.00 bits per heavy atom. The first-order valence-electron chi connectivity index (χ1n) is 9.98. The highest BCUT2D eigenvalue weighted by Gasteiger charge is 2.32. The number of nitrogens with one attached hydrogen (secondary N) is 1. The monoisotopic (exact) mass is 434 g/mol. The van der Waals surface area contributed by atoms with E-state index < -0.39 is 15.9 Å². The first-order chi connectivity index (χ1) is 14.4. The maximum absolute atomic E-state index is 14.6. The van der Waals surface area contributed by atoms with Crippen molar-refractivity contribution in [2.45, 2.75) is 43.5 Å². The molecule has 5 N–H and O–H groups in total. The van der Waals surface area contributed by atoms with Crippen molar-refractivity contribution in [1.82, 2.24) is 9.78 Å². The smallest absolute Gasteiger partial charge is 0.354 e. The molecule has 11 heteroatoms. The summed E-state index contributed by atoms with van der Waals surface area (Å²) in [6.45, 7) is 1.30. The van der Waals surface area contributed by atoms with Gasteiger partial charge in [-0.05, 0) is 54.4 Å². The van der Waals surface area contributed by atoms with Crippen LogP contribution in [0.4, 0.5) is 14.9 Å². The molecule has 9 nitrogen and oxygen atoms in total. The van der Waals surface area contributed by atoms with E-state index in [-0.39, 0.29) is 22.5 Å². The molecule has 1 aromatic carbocycles. The average Bonchev–Trinajstić information content (AvgIpc) is 3.32. The fraction of sp³-hybridized carbons (Fsp3) is 0.474. The van der Waals surface area contributed by atoms with Gasteiger partial charge in [0.15, 0.2) is 9.92 Å². The summed E-state index contributed by atoms with van der Waals surface area (Å²) in [4.78, 5) is 12.7. The third-order valence-corrected chi connectivity index (χ3v) is 7.43. The highest BCUT2D eigenvalue weighted by molar-refractivity contribution is 7.91. The molecule has 5 rings (SSSR count). The second-order valence-corrected chi connectivity index (χ2v) is 9.72. The van der Waals surface area contributed by atoms with E-state index >= 15 is 0 Å². The molecule has 0 saturated carbocycles. The van der Waals surface area contributed by atoms with Gasteiger partial charge in [0, 0.05) is 18.2 Å². The number of ether oxygens (including phenoxy) is 1. The van der Waals surface area contributed by atoms with Crippen molar-refractivity contribution in [3.8, 4) is 5.88 Å². The second kappa shape index (κ2) is 7.03. The summed E-state index contributed by atoms with van der Waals surface area (Å²) < 4.78 is 38.5. The molecule has 30 heavy (non-hydrogen) atoms. The number of amides is 2. The van der Waals surface area contributed by atoms with Crippen LogP contribution >= 0.6 is 0 Å². The molecular formula is C19H23FN6O3S. The fourth-order valence-corrected chi connectivity index (χ4v) is 5.45. The molecule has 3 aliphatic rings. The zero-order valence-electron chi connectivity index (χ0n) is 16.3. The third kappa shape index (κ3) is 2.99. The average molecular weight is 434 g/mol.